The minimum Gasteiger partial charge on any atom is -0.356 e. The molecule has 0 radical (unpaired) electrons. The van der Waals surface area contributed by atoms with Crippen LogP contribution in [-0.2, 0) is 7.05 Å². The molecule has 3 fully saturated rings. The molecule has 126 valence electrons. The monoisotopic (exact) mass is 325 g/mol. The van der Waals surface area contributed by atoms with E-state index in [9.17, 15) is 4.79 Å². The number of hydrogen-bond donors (Lipinski definition) is 1. The first kappa shape index (κ1) is 14.3. The molecule has 0 bridgehead atoms. The minimum absolute atomic E-state index is 0.144. The molecule has 2 saturated carbocycles. The van der Waals surface area contributed by atoms with Crippen molar-refractivity contribution in [1.82, 2.24) is 24.6 Å². The number of H-pyrrole nitrogens is 1. The molecule has 5 rings (SSSR count). The van der Waals surface area contributed by atoms with E-state index in [0.717, 1.165) is 36.2 Å². The maximum Gasteiger partial charge on any atom is 0.255 e. The molecule has 1 N–H and O–H groups in total. The summed E-state index contributed by atoms with van der Waals surface area (Å²) >= 11 is 0. The molecule has 2 aromatic rings. The number of rotatable bonds is 4. The second kappa shape index (κ2) is 5.19. The van der Waals surface area contributed by atoms with Gasteiger partial charge < -0.3 is 9.47 Å². The van der Waals surface area contributed by atoms with E-state index in [1.165, 1.54) is 25.7 Å². The zero-order valence-corrected chi connectivity index (χ0v) is 14.0. The molecular weight excluding hydrogens is 302 g/mol. The number of amides is 1. The first-order valence-electron chi connectivity index (χ1n) is 9.02. The van der Waals surface area contributed by atoms with Crippen LogP contribution in [0.5, 0.6) is 0 Å². The lowest BCUT2D eigenvalue weighted by Gasteiger charge is -2.15. The number of nitrogens with zero attached hydrogens (tertiary/aromatic N) is 4. The topological polar surface area (TPSA) is 66.8 Å². The van der Waals surface area contributed by atoms with Gasteiger partial charge in [-0.3, -0.25) is 9.89 Å². The van der Waals surface area contributed by atoms with Crippen LogP contribution in [0.25, 0.3) is 0 Å². The average molecular weight is 325 g/mol. The average Bonchev–Trinajstić information content (AvgIpc) is 3.47. The van der Waals surface area contributed by atoms with Crippen LogP contribution in [0, 0.1) is 11.8 Å². The quantitative estimate of drug-likeness (QED) is 0.938. The molecule has 0 spiro atoms. The van der Waals surface area contributed by atoms with Crippen molar-refractivity contribution in [3.63, 3.8) is 0 Å². The summed E-state index contributed by atoms with van der Waals surface area (Å²) in [6, 6.07) is 1.90. The van der Waals surface area contributed by atoms with Crippen LogP contribution < -0.4 is 0 Å². The van der Waals surface area contributed by atoms with Gasteiger partial charge in [-0.25, -0.2) is 4.98 Å². The Morgan fingerprint density at radius 3 is 2.75 bits per heavy atom. The number of nitrogens with one attached hydrogen (secondary N) is 1. The molecule has 1 amide bonds. The van der Waals surface area contributed by atoms with Crippen molar-refractivity contribution in [3.8, 4) is 0 Å². The Bertz CT molecular complexity index is 770. The van der Waals surface area contributed by atoms with Gasteiger partial charge in [0.1, 0.15) is 5.82 Å². The maximum absolute atomic E-state index is 12.8. The maximum atomic E-state index is 12.8. The largest absolute Gasteiger partial charge is 0.356 e. The Hall–Kier alpha value is -2.11. The summed E-state index contributed by atoms with van der Waals surface area (Å²) in [4.78, 5) is 19.6. The zero-order valence-electron chi connectivity index (χ0n) is 14.0. The Morgan fingerprint density at radius 1 is 1.25 bits per heavy atom. The lowest BCUT2D eigenvalue weighted by molar-refractivity contribution is 0.0784. The van der Waals surface area contributed by atoms with Crippen molar-refractivity contribution in [2.45, 2.75) is 37.5 Å². The number of aromatic amines is 1. The van der Waals surface area contributed by atoms with Crippen molar-refractivity contribution in [3.05, 3.63) is 35.7 Å². The van der Waals surface area contributed by atoms with Crippen molar-refractivity contribution in [1.29, 1.82) is 0 Å². The lowest BCUT2D eigenvalue weighted by Crippen LogP contribution is -2.28. The summed E-state index contributed by atoms with van der Waals surface area (Å²) in [6.07, 6.45) is 8.84. The molecule has 24 heavy (non-hydrogen) atoms. The van der Waals surface area contributed by atoms with Crippen molar-refractivity contribution in [2.24, 2.45) is 18.9 Å². The second-order valence-corrected chi connectivity index (χ2v) is 7.74. The van der Waals surface area contributed by atoms with E-state index in [1.807, 2.05) is 35.0 Å². The molecular formula is C18H23N5O. The van der Waals surface area contributed by atoms with Gasteiger partial charge in [0.15, 0.2) is 5.82 Å². The summed E-state index contributed by atoms with van der Waals surface area (Å²) in [5.41, 5.74) is 0.781. The number of likely N-dealkylation sites (tertiary alicyclic amines) is 1. The lowest BCUT2D eigenvalue weighted by atomic mass is 9.91. The van der Waals surface area contributed by atoms with Gasteiger partial charge in [-0.2, -0.15) is 5.10 Å². The number of carbonyl (C=O) groups excluding carboxylic acids is 1. The van der Waals surface area contributed by atoms with Gasteiger partial charge in [0, 0.05) is 44.4 Å². The Kier molecular flexibility index (Phi) is 3.08. The molecule has 0 unspecified atom stereocenters. The van der Waals surface area contributed by atoms with Gasteiger partial charge in [0.05, 0.1) is 5.56 Å². The first-order chi connectivity index (χ1) is 11.7. The summed E-state index contributed by atoms with van der Waals surface area (Å²) in [5.74, 6) is 4.27. The van der Waals surface area contributed by atoms with Crippen molar-refractivity contribution in [2.75, 3.05) is 13.1 Å². The van der Waals surface area contributed by atoms with Crippen LogP contribution in [0.2, 0.25) is 0 Å². The molecule has 3 aliphatic rings. The molecule has 2 aromatic heterocycles. The summed E-state index contributed by atoms with van der Waals surface area (Å²) < 4.78 is 1.93. The van der Waals surface area contributed by atoms with Crippen LogP contribution in [0.3, 0.4) is 0 Å². The van der Waals surface area contributed by atoms with E-state index in [1.54, 1.807) is 0 Å². The van der Waals surface area contributed by atoms with E-state index >= 15 is 0 Å². The molecule has 3 heterocycles. The highest BCUT2D eigenvalue weighted by Gasteiger charge is 2.46. The Balaban J connectivity index is 1.38. The fraction of sp³-hybridized carbons (Fsp3) is 0.611. The van der Waals surface area contributed by atoms with E-state index in [2.05, 4.69) is 10.2 Å². The van der Waals surface area contributed by atoms with Crippen LogP contribution in [-0.4, -0.2) is 43.6 Å². The molecule has 2 aliphatic carbocycles. The molecule has 1 saturated heterocycles. The van der Waals surface area contributed by atoms with Gasteiger partial charge in [-0.05, 0) is 43.6 Å². The van der Waals surface area contributed by atoms with E-state index in [-0.39, 0.29) is 5.91 Å². The predicted octanol–water partition coefficient (Wildman–Crippen LogP) is 2.29. The van der Waals surface area contributed by atoms with Gasteiger partial charge in [0.25, 0.3) is 5.91 Å². The number of aryl methyl sites for hydroxylation is 1. The van der Waals surface area contributed by atoms with E-state index < -0.39 is 0 Å². The van der Waals surface area contributed by atoms with Crippen molar-refractivity contribution >= 4 is 5.91 Å². The first-order valence-corrected chi connectivity index (χ1v) is 9.02. The van der Waals surface area contributed by atoms with Crippen LogP contribution in [0.15, 0.2) is 18.5 Å². The van der Waals surface area contributed by atoms with E-state index in [4.69, 9.17) is 4.98 Å². The highest BCUT2D eigenvalue weighted by Crippen LogP contribution is 2.47. The fourth-order valence-corrected chi connectivity index (χ4v) is 4.08. The second-order valence-electron chi connectivity index (χ2n) is 7.74. The molecule has 6 heteroatoms. The summed E-state index contributed by atoms with van der Waals surface area (Å²) in [5, 5.41) is 7.61. The highest BCUT2D eigenvalue weighted by atomic mass is 16.2. The van der Waals surface area contributed by atoms with Gasteiger partial charge in [0.2, 0.25) is 0 Å². The van der Waals surface area contributed by atoms with Crippen LogP contribution in [0.4, 0.5) is 0 Å². The fourth-order valence-electron chi connectivity index (χ4n) is 4.08. The highest BCUT2D eigenvalue weighted by molar-refractivity contribution is 5.94. The number of carbonyl (C=O) groups is 1. The number of hydrogen-bond acceptors (Lipinski definition) is 3. The number of aromatic nitrogens is 4. The third kappa shape index (κ3) is 2.44. The smallest absolute Gasteiger partial charge is 0.255 e. The van der Waals surface area contributed by atoms with Gasteiger partial charge >= 0.3 is 0 Å². The third-order valence-corrected chi connectivity index (χ3v) is 5.77. The Morgan fingerprint density at radius 2 is 2.08 bits per heavy atom. The van der Waals surface area contributed by atoms with Crippen LogP contribution in [0.1, 0.15) is 59.5 Å². The SMILES string of the molecule is Cn1ccc(C(=O)N2C[C@H](c3nc(C4CC4)n[nH]3)[C@@H](C3CC3)C2)c1. The zero-order chi connectivity index (χ0) is 16.3. The predicted molar refractivity (Wildman–Crippen MR) is 88.6 cm³/mol. The molecule has 6 nitrogen and oxygen atoms in total. The van der Waals surface area contributed by atoms with Gasteiger partial charge in [-0.15, -0.1) is 0 Å². The molecule has 0 aromatic carbocycles. The molecule has 1 aliphatic heterocycles. The van der Waals surface area contributed by atoms with Gasteiger partial charge in [-0.1, -0.05) is 0 Å². The standard InChI is InChI=1S/C18H23N5O/c1-22-7-6-13(8-22)18(24)23-9-14(11-2-3-11)15(10-23)17-19-16(20-21-17)12-4-5-12/h6-8,11-12,14-15H,2-5,9-10H2,1H3,(H,19,20,21)/t14-,15+/m1/s1. The summed E-state index contributed by atoms with van der Waals surface area (Å²) in [6.45, 7) is 1.61. The summed E-state index contributed by atoms with van der Waals surface area (Å²) in [7, 11) is 1.95. The third-order valence-electron chi connectivity index (χ3n) is 5.77. The van der Waals surface area contributed by atoms with E-state index in [0.29, 0.717) is 17.8 Å². The molecule has 2 atom stereocenters. The normalized spacial score (nSPS) is 27.0. The van der Waals surface area contributed by atoms with Crippen molar-refractivity contribution < 1.29 is 4.79 Å². The minimum atomic E-state index is 0.144. The van der Waals surface area contributed by atoms with Crippen LogP contribution >= 0.6 is 0 Å². The Labute approximate surface area is 141 Å².